The van der Waals surface area contributed by atoms with E-state index in [1.165, 1.54) is 5.56 Å². The van der Waals surface area contributed by atoms with E-state index in [-0.39, 0.29) is 5.63 Å². The van der Waals surface area contributed by atoms with Gasteiger partial charge < -0.3 is 9.15 Å². The molecule has 4 nitrogen and oxygen atoms in total. The van der Waals surface area contributed by atoms with E-state index in [0.717, 1.165) is 45.8 Å². The van der Waals surface area contributed by atoms with Crippen LogP contribution in [0.1, 0.15) is 16.7 Å². The number of benzene rings is 3. The summed E-state index contributed by atoms with van der Waals surface area (Å²) < 4.78 is 11.9. The zero-order chi connectivity index (χ0) is 22.2. The summed E-state index contributed by atoms with van der Waals surface area (Å²) in [7, 11) is 0. The molecule has 2 heterocycles. The van der Waals surface area contributed by atoms with Gasteiger partial charge in [-0.15, -0.1) is 0 Å². The molecule has 6 heteroatoms. The average Bonchev–Trinajstić information content (AvgIpc) is 2.80. The molecule has 162 valence electrons. The van der Waals surface area contributed by atoms with Gasteiger partial charge in [0.1, 0.15) is 18.1 Å². The van der Waals surface area contributed by atoms with Crippen molar-refractivity contribution in [1.82, 2.24) is 4.90 Å². The monoisotopic (exact) mass is 465 g/mol. The van der Waals surface area contributed by atoms with Crippen molar-refractivity contribution in [2.24, 2.45) is 0 Å². The number of nitrogens with zero attached hydrogens (tertiary/aromatic N) is 1. The molecule has 1 aliphatic rings. The fourth-order valence-corrected chi connectivity index (χ4v) is 4.45. The Morgan fingerprint density at radius 3 is 2.34 bits per heavy atom. The molecule has 1 aromatic heterocycles. The topological polar surface area (TPSA) is 42.7 Å². The molecule has 0 saturated carbocycles. The van der Waals surface area contributed by atoms with E-state index in [1.807, 2.05) is 55.5 Å². The first kappa shape index (κ1) is 21.1. The van der Waals surface area contributed by atoms with Crippen LogP contribution in [0.3, 0.4) is 0 Å². The molecule has 32 heavy (non-hydrogen) atoms. The summed E-state index contributed by atoms with van der Waals surface area (Å²) in [4.78, 5) is 15.2. The van der Waals surface area contributed by atoms with E-state index in [1.54, 1.807) is 12.1 Å². The second kappa shape index (κ2) is 8.62. The minimum Gasteiger partial charge on any atom is -0.478 e. The summed E-state index contributed by atoms with van der Waals surface area (Å²) in [5.74, 6) is 0.766. The second-order valence-electron chi connectivity index (χ2n) is 8.02. The van der Waals surface area contributed by atoms with Crippen molar-refractivity contribution < 1.29 is 9.15 Å². The summed E-state index contributed by atoms with van der Waals surface area (Å²) >= 11 is 12.0. The minimum absolute atomic E-state index is 0.357. The quantitative estimate of drug-likeness (QED) is 0.324. The van der Waals surface area contributed by atoms with Crippen molar-refractivity contribution in [3.63, 3.8) is 0 Å². The third kappa shape index (κ3) is 4.02. The Bertz CT molecular complexity index is 1350. The van der Waals surface area contributed by atoms with Crippen LogP contribution in [-0.4, -0.2) is 18.2 Å². The van der Waals surface area contributed by atoms with Gasteiger partial charge >= 0.3 is 5.63 Å². The highest BCUT2D eigenvalue weighted by molar-refractivity contribution is 6.30. The minimum atomic E-state index is -0.357. The van der Waals surface area contributed by atoms with E-state index >= 15 is 0 Å². The summed E-state index contributed by atoms with van der Waals surface area (Å²) in [5.41, 5.74) is 4.61. The van der Waals surface area contributed by atoms with Crippen molar-refractivity contribution in [2.75, 3.05) is 13.3 Å². The van der Waals surface area contributed by atoms with Crippen molar-refractivity contribution in [3.8, 4) is 16.9 Å². The van der Waals surface area contributed by atoms with Crippen LogP contribution in [0.4, 0.5) is 0 Å². The van der Waals surface area contributed by atoms with Gasteiger partial charge in [-0.1, -0.05) is 47.5 Å². The lowest BCUT2D eigenvalue weighted by atomic mass is 9.97. The molecule has 0 aliphatic carbocycles. The van der Waals surface area contributed by atoms with Crippen LogP contribution in [0.25, 0.3) is 22.1 Å². The summed E-state index contributed by atoms with van der Waals surface area (Å²) in [5, 5.41) is 2.27. The fourth-order valence-electron chi connectivity index (χ4n) is 4.20. The van der Waals surface area contributed by atoms with Crippen LogP contribution in [-0.2, 0) is 13.0 Å². The zero-order valence-electron chi connectivity index (χ0n) is 17.5. The Morgan fingerprint density at radius 1 is 0.938 bits per heavy atom. The Morgan fingerprint density at radius 2 is 1.62 bits per heavy atom. The molecule has 4 aromatic rings. The predicted molar refractivity (Wildman–Crippen MR) is 129 cm³/mol. The van der Waals surface area contributed by atoms with Crippen molar-refractivity contribution in [1.29, 1.82) is 0 Å². The largest absolute Gasteiger partial charge is 0.478 e. The standard InChI is InChI=1S/C26H21Cl2NO3/c1-16-21-10-11-23-22(14-29(15-31-23)13-12-17-2-6-19(27)7-3-17)25(21)32-26(30)24(16)18-4-8-20(28)9-5-18/h2-11H,12-15H2,1H3. The molecule has 0 bridgehead atoms. The Labute approximate surface area is 195 Å². The first-order chi connectivity index (χ1) is 15.5. The smallest absolute Gasteiger partial charge is 0.344 e. The molecule has 0 atom stereocenters. The molecule has 0 N–H and O–H groups in total. The van der Waals surface area contributed by atoms with Gasteiger partial charge in [0.25, 0.3) is 0 Å². The maximum Gasteiger partial charge on any atom is 0.344 e. The number of rotatable bonds is 4. The van der Waals surface area contributed by atoms with Gasteiger partial charge in [0.15, 0.2) is 0 Å². The molecule has 0 radical (unpaired) electrons. The lowest BCUT2D eigenvalue weighted by Crippen LogP contribution is -2.33. The van der Waals surface area contributed by atoms with Crippen molar-refractivity contribution >= 4 is 34.2 Å². The predicted octanol–water partition coefficient (Wildman–Crippen LogP) is 6.47. The Hall–Kier alpha value is -2.79. The van der Waals surface area contributed by atoms with Crippen LogP contribution in [0, 0.1) is 6.92 Å². The molecule has 0 fully saturated rings. The van der Waals surface area contributed by atoms with Gasteiger partial charge in [-0.05, 0) is 66.4 Å². The highest BCUT2D eigenvalue weighted by Crippen LogP contribution is 2.35. The Kier molecular flexibility index (Phi) is 5.68. The van der Waals surface area contributed by atoms with Gasteiger partial charge in [0.05, 0.1) is 11.1 Å². The summed E-state index contributed by atoms with van der Waals surface area (Å²) in [6, 6.07) is 19.1. The van der Waals surface area contributed by atoms with Gasteiger partial charge in [0.2, 0.25) is 0 Å². The molecule has 0 unspecified atom stereocenters. The molecule has 0 spiro atoms. The van der Waals surface area contributed by atoms with Crippen LogP contribution in [0.5, 0.6) is 5.75 Å². The summed E-state index contributed by atoms with van der Waals surface area (Å²) in [6.07, 6.45) is 0.879. The zero-order valence-corrected chi connectivity index (χ0v) is 19.0. The van der Waals surface area contributed by atoms with Gasteiger partial charge in [-0.3, -0.25) is 4.90 Å². The third-order valence-corrected chi connectivity index (χ3v) is 6.45. The van der Waals surface area contributed by atoms with E-state index in [2.05, 4.69) is 4.90 Å². The third-order valence-electron chi connectivity index (χ3n) is 5.94. The second-order valence-corrected chi connectivity index (χ2v) is 8.89. The SMILES string of the molecule is Cc1c(-c2ccc(Cl)cc2)c(=O)oc2c3c(ccc12)OCN(CCc1ccc(Cl)cc1)C3. The highest BCUT2D eigenvalue weighted by atomic mass is 35.5. The molecular formula is C26H21Cl2NO3. The van der Waals surface area contributed by atoms with Crippen LogP contribution < -0.4 is 10.4 Å². The molecular weight excluding hydrogens is 445 g/mol. The van der Waals surface area contributed by atoms with E-state index < -0.39 is 0 Å². The number of hydrogen-bond acceptors (Lipinski definition) is 4. The number of hydrogen-bond donors (Lipinski definition) is 0. The molecule has 1 aliphatic heterocycles. The van der Waals surface area contributed by atoms with E-state index in [4.69, 9.17) is 32.4 Å². The number of ether oxygens (including phenoxy) is 1. The lowest BCUT2D eigenvalue weighted by Gasteiger charge is -2.29. The molecule has 5 rings (SSSR count). The maximum absolute atomic E-state index is 13.0. The normalized spacial score (nSPS) is 13.7. The Balaban J connectivity index is 1.47. The van der Waals surface area contributed by atoms with Crippen molar-refractivity contribution in [2.45, 2.75) is 19.9 Å². The average molecular weight is 466 g/mol. The van der Waals surface area contributed by atoms with Crippen molar-refractivity contribution in [3.05, 3.63) is 97.8 Å². The van der Waals surface area contributed by atoms with Crippen LogP contribution >= 0.6 is 23.2 Å². The lowest BCUT2D eigenvalue weighted by molar-refractivity contribution is 0.0968. The molecule has 0 saturated heterocycles. The van der Waals surface area contributed by atoms with Crippen LogP contribution in [0.2, 0.25) is 10.0 Å². The molecule has 0 amide bonds. The number of fused-ring (bicyclic) bond motifs is 3. The van der Waals surface area contributed by atoms with Gasteiger partial charge in [-0.25, -0.2) is 4.79 Å². The summed E-state index contributed by atoms with van der Waals surface area (Å²) in [6.45, 7) is 3.93. The fraction of sp³-hybridized carbons (Fsp3) is 0.192. The molecule has 3 aromatic carbocycles. The van der Waals surface area contributed by atoms with Crippen LogP contribution in [0.15, 0.2) is 69.9 Å². The first-order valence-corrected chi connectivity index (χ1v) is 11.2. The number of halogens is 2. The maximum atomic E-state index is 13.0. The van der Waals surface area contributed by atoms with E-state index in [0.29, 0.717) is 29.4 Å². The van der Waals surface area contributed by atoms with Gasteiger partial charge in [-0.2, -0.15) is 0 Å². The first-order valence-electron chi connectivity index (χ1n) is 10.4. The number of aryl methyl sites for hydroxylation is 1. The van der Waals surface area contributed by atoms with Gasteiger partial charge in [0, 0.05) is 28.5 Å². The van der Waals surface area contributed by atoms with E-state index in [9.17, 15) is 4.79 Å². The highest BCUT2D eigenvalue weighted by Gasteiger charge is 2.23.